The lowest BCUT2D eigenvalue weighted by molar-refractivity contribution is 0.0681. The van der Waals surface area contributed by atoms with E-state index in [-0.39, 0.29) is 35.7 Å². The van der Waals surface area contributed by atoms with Gasteiger partial charge in [-0.05, 0) is 49.3 Å². The van der Waals surface area contributed by atoms with Gasteiger partial charge in [0.1, 0.15) is 0 Å². The molecule has 1 aromatic carbocycles. The highest BCUT2D eigenvalue weighted by atomic mass is 35.5. The van der Waals surface area contributed by atoms with Gasteiger partial charge in [-0.2, -0.15) is 0 Å². The molecule has 2 fully saturated rings. The Morgan fingerprint density at radius 1 is 1.04 bits per heavy atom. The van der Waals surface area contributed by atoms with Crippen molar-refractivity contribution in [2.45, 2.75) is 64.6 Å². The molecule has 2 saturated heterocycles. The first-order chi connectivity index (χ1) is 12.6. The van der Waals surface area contributed by atoms with Gasteiger partial charge in [-0.3, -0.25) is 9.59 Å². The Kier molecular flexibility index (Phi) is 7.16. The van der Waals surface area contributed by atoms with E-state index in [0.717, 1.165) is 12.8 Å². The topological polar surface area (TPSA) is 52.7 Å². The molecule has 156 valence electrons. The largest absolute Gasteiger partial charge is 0.341 e. The van der Waals surface area contributed by atoms with Crippen LogP contribution in [0, 0.1) is 5.41 Å². The Bertz CT molecular complexity index is 704. The summed E-state index contributed by atoms with van der Waals surface area (Å²) in [5, 5.41) is 3.62. The number of hydrogen-bond acceptors (Lipinski definition) is 3. The quantitative estimate of drug-likeness (QED) is 0.829. The minimum absolute atomic E-state index is 0. The van der Waals surface area contributed by atoms with Gasteiger partial charge in [0.2, 0.25) is 0 Å². The zero-order chi connectivity index (χ0) is 19.8. The van der Waals surface area contributed by atoms with Crippen LogP contribution in [-0.4, -0.2) is 60.4 Å². The fraction of sp³-hybridized carbons (Fsp3) is 0.636. The predicted octanol–water partition coefficient (Wildman–Crippen LogP) is 3.58. The molecule has 0 radical (unpaired) electrons. The van der Waals surface area contributed by atoms with Gasteiger partial charge in [0, 0.05) is 49.9 Å². The summed E-state index contributed by atoms with van der Waals surface area (Å²) in [6.07, 6.45) is 4.47. The highest BCUT2D eigenvalue weighted by Crippen LogP contribution is 2.30. The van der Waals surface area contributed by atoms with E-state index >= 15 is 0 Å². The van der Waals surface area contributed by atoms with Gasteiger partial charge in [-0.15, -0.1) is 12.4 Å². The van der Waals surface area contributed by atoms with E-state index in [4.69, 9.17) is 0 Å². The lowest BCUT2D eigenvalue weighted by Gasteiger charge is -2.35. The van der Waals surface area contributed by atoms with Crippen molar-refractivity contribution in [3.8, 4) is 0 Å². The van der Waals surface area contributed by atoms with E-state index in [1.165, 1.54) is 12.8 Å². The molecule has 28 heavy (non-hydrogen) atoms. The average Bonchev–Trinajstić information content (AvgIpc) is 2.96. The van der Waals surface area contributed by atoms with Crippen LogP contribution in [0.5, 0.6) is 0 Å². The molecule has 0 spiro atoms. The number of piperidine rings is 1. The molecule has 1 aromatic rings. The van der Waals surface area contributed by atoms with Crippen LogP contribution in [0.15, 0.2) is 24.3 Å². The Hall–Kier alpha value is -1.59. The number of hydrogen-bond donors (Lipinski definition) is 1. The van der Waals surface area contributed by atoms with Gasteiger partial charge >= 0.3 is 0 Å². The third kappa shape index (κ3) is 5.26. The van der Waals surface area contributed by atoms with Gasteiger partial charge in [0.25, 0.3) is 11.8 Å². The van der Waals surface area contributed by atoms with Crippen molar-refractivity contribution < 1.29 is 9.59 Å². The predicted molar refractivity (Wildman–Crippen MR) is 115 cm³/mol. The minimum atomic E-state index is -0.0397. The lowest BCUT2D eigenvalue weighted by atomic mass is 9.96. The molecule has 5 nitrogen and oxygen atoms in total. The monoisotopic (exact) mass is 407 g/mol. The molecule has 0 aliphatic carbocycles. The van der Waals surface area contributed by atoms with Crippen LogP contribution in [-0.2, 0) is 0 Å². The average molecular weight is 408 g/mol. The van der Waals surface area contributed by atoms with Crippen LogP contribution in [0.25, 0.3) is 0 Å². The second-order valence-corrected chi connectivity index (χ2v) is 9.48. The summed E-state index contributed by atoms with van der Waals surface area (Å²) in [5.74, 6) is -0.0310. The number of carbonyl (C=O) groups is 2. The third-order valence-electron chi connectivity index (χ3n) is 5.73. The van der Waals surface area contributed by atoms with Crippen molar-refractivity contribution in [2.24, 2.45) is 5.41 Å². The Labute approximate surface area is 175 Å². The molecule has 2 aliphatic rings. The molecule has 6 heteroatoms. The molecule has 0 saturated carbocycles. The van der Waals surface area contributed by atoms with Crippen molar-refractivity contribution >= 4 is 24.2 Å². The van der Waals surface area contributed by atoms with E-state index in [2.05, 4.69) is 26.1 Å². The highest BCUT2D eigenvalue weighted by Gasteiger charge is 2.36. The molecule has 0 aromatic heterocycles. The van der Waals surface area contributed by atoms with Gasteiger partial charge in [-0.25, -0.2) is 0 Å². The summed E-state index contributed by atoms with van der Waals surface area (Å²) in [6, 6.07) is 8.53. The summed E-state index contributed by atoms with van der Waals surface area (Å²) in [5.41, 5.74) is 1.21. The summed E-state index contributed by atoms with van der Waals surface area (Å²) in [7, 11) is 3.72. The Morgan fingerprint density at radius 3 is 2.11 bits per heavy atom. The van der Waals surface area contributed by atoms with Gasteiger partial charge in [0.15, 0.2) is 0 Å². The van der Waals surface area contributed by atoms with Crippen LogP contribution >= 0.6 is 12.4 Å². The van der Waals surface area contributed by atoms with Crippen LogP contribution in [0.2, 0.25) is 0 Å². The second-order valence-electron chi connectivity index (χ2n) is 9.48. The molecule has 2 bridgehead atoms. The standard InChI is InChI=1S/C22H33N3O2.ClH/c1-22(2,3)14-24(4)20(26)15-7-6-8-16(11-15)21(27)25(5)19-12-17-9-10-18(13-19)23-17;/h6-8,11,17-19,23H,9-10,12-14H2,1-5H3;1H. The number of carbonyl (C=O) groups excluding carboxylic acids is 2. The smallest absolute Gasteiger partial charge is 0.253 e. The van der Waals surface area contributed by atoms with Crippen LogP contribution < -0.4 is 5.32 Å². The summed E-state index contributed by atoms with van der Waals surface area (Å²) in [6.45, 7) is 7.00. The van der Waals surface area contributed by atoms with E-state index in [1.54, 1.807) is 17.0 Å². The maximum atomic E-state index is 13.0. The van der Waals surface area contributed by atoms with Crippen molar-refractivity contribution in [2.75, 3.05) is 20.6 Å². The molecule has 2 amide bonds. The van der Waals surface area contributed by atoms with Crippen LogP contribution in [0.3, 0.4) is 0 Å². The first kappa shape index (κ1) is 22.7. The van der Waals surface area contributed by atoms with E-state index in [1.807, 2.05) is 31.1 Å². The molecular formula is C22H34ClN3O2. The molecule has 2 heterocycles. The SMILES string of the molecule is CN(CC(C)(C)C)C(=O)c1cccc(C(=O)N(C)C2CC3CCC(C2)N3)c1.Cl. The summed E-state index contributed by atoms with van der Waals surface area (Å²) >= 11 is 0. The van der Waals surface area contributed by atoms with Crippen molar-refractivity contribution in [1.29, 1.82) is 0 Å². The molecule has 2 atom stereocenters. The minimum Gasteiger partial charge on any atom is -0.341 e. The number of amides is 2. The normalized spacial score (nSPS) is 23.7. The van der Waals surface area contributed by atoms with Gasteiger partial charge in [-0.1, -0.05) is 26.8 Å². The molecule has 3 rings (SSSR count). The number of benzene rings is 1. The number of halogens is 1. The van der Waals surface area contributed by atoms with Crippen LogP contribution in [0.4, 0.5) is 0 Å². The zero-order valence-corrected chi connectivity index (χ0v) is 18.5. The third-order valence-corrected chi connectivity index (χ3v) is 5.73. The molecule has 1 N–H and O–H groups in total. The lowest BCUT2D eigenvalue weighted by Crippen LogP contribution is -2.48. The number of nitrogens with one attached hydrogen (secondary N) is 1. The summed E-state index contributed by atoms with van der Waals surface area (Å²) < 4.78 is 0. The molecule has 2 unspecified atom stereocenters. The second kappa shape index (κ2) is 8.83. The Morgan fingerprint density at radius 2 is 1.57 bits per heavy atom. The van der Waals surface area contributed by atoms with E-state index in [9.17, 15) is 9.59 Å². The molecule has 2 aliphatic heterocycles. The maximum Gasteiger partial charge on any atom is 0.253 e. The fourth-order valence-corrected chi connectivity index (χ4v) is 4.50. The first-order valence-electron chi connectivity index (χ1n) is 10.0. The number of fused-ring (bicyclic) bond motifs is 2. The summed E-state index contributed by atoms with van der Waals surface area (Å²) in [4.78, 5) is 29.4. The fourth-order valence-electron chi connectivity index (χ4n) is 4.50. The van der Waals surface area contributed by atoms with Gasteiger partial charge < -0.3 is 15.1 Å². The van der Waals surface area contributed by atoms with E-state index < -0.39 is 0 Å². The first-order valence-corrected chi connectivity index (χ1v) is 10.0. The number of nitrogens with zero attached hydrogens (tertiary/aromatic N) is 2. The van der Waals surface area contributed by atoms with Crippen LogP contribution in [0.1, 0.15) is 67.2 Å². The maximum absolute atomic E-state index is 13.0. The van der Waals surface area contributed by atoms with Crippen molar-refractivity contribution in [1.82, 2.24) is 15.1 Å². The molecular weight excluding hydrogens is 374 g/mol. The van der Waals surface area contributed by atoms with Crippen molar-refractivity contribution in [3.05, 3.63) is 35.4 Å². The van der Waals surface area contributed by atoms with Crippen molar-refractivity contribution in [3.63, 3.8) is 0 Å². The van der Waals surface area contributed by atoms with Gasteiger partial charge in [0.05, 0.1) is 0 Å². The zero-order valence-electron chi connectivity index (χ0n) is 17.7. The Balaban J connectivity index is 0.00000280. The highest BCUT2D eigenvalue weighted by molar-refractivity contribution is 5.99. The van der Waals surface area contributed by atoms with E-state index in [0.29, 0.717) is 29.8 Å². The number of rotatable bonds is 4.